The van der Waals surface area contributed by atoms with E-state index in [4.69, 9.17) is 11.5 Å². The summed E-state index contributed by atoms with van der Waals surface area (Å²) in [5.74, 6) is 0.0768. The monoisotopic (exact) mass is 339 g/mol. The second kappa shape index (κ2) is 6.59. The van der Waals surface area contributed by atoms with E-state index >= 15 is 0 Å². The Kier molecular flexibility index (Phi) is 5.05. The first-order valence-electron chi connectivity index (χ1n) is 7.07. The van der Waals surface area contributed by atoms with Crippen LogP contribution in [0.4, 0.5) is 5.69 Å². The molecule has 0 heterocycles. The van der Waals surface area contributed by atoms with Gasteiger partial charge in [-0.1, -0.05) is 18.9 Å². The first kappa shape index (κ1) is 15.3. The van der Waals surface area contributed by atoms with Crippen molar-refractivity contribution in [2.24, 2.45) is 17.4 Å². The smallest absolute Gasteiger partial charge is 0.251 e. The number of benzene rings is 1. The molecule has 1 aliphatic carbocycles. The number of nitrogens with two attached hydrogens (primary N) is 2. The molecule has 0 aliphatic heterocycles. The molecular formula is C15H22BrN3O. The van der Waals surface area contributed by atoms with Crippen LogP contribution in [0.3, 0.4) is 0 Å². The minimum absolute atomic E-state index is 0.376. The molecule has 110 valence electrons. The van der Waals surface area contributed by atoms with E-state index in [0.29, 0.717) is 24.1 Å². The number of hydrogen-bond donors (Lipinski definition) is 2. The average Bonchev–Trinajstić information content (AvgIpc) is 2.45. The molecule has 1 aliphatic rings. The minimum Gasteiger partial charge on any atom is -0.371 e. The lowest BCUT2D eigenvalue weighted by Crippen LogP contribution is -2.44. The van der Waals surface area contributed by atoms with E-state index in [9.17, 15) is 4.79 Å². The topological polar surface area (TPSA) is 72.3 Å². The highest BCUT2D eigenvalue weighted by molar-refractivity contribution is 9.10. The highest BCUT2D eigenvalue weighted by Crippen LogP contribution is 2.34. The number of anilines is 1. The van der Waals surface area contributed by atoms with Crippen LogP contribution in [0.15, 0.2) is 22.7 Å². The maximum absolute atomic E-state index is 11.7. The summed E-state index contributed by atoms with van der Waals surface area (Å²) in [6.45, 7) is 0.689. The van der Waals surface area contributed by atoms with Crippen LogP contribution < -0.4 is 16.4 Å². The first-order chi connectivity index (χ1) is 9.56. The van der Waals surface area contributed by atoms with Crippen LogP contribution in [0.1, 0.15) is 36.0 Å². The molecule has 1 saturated carbocycles. The van der Waals surface area contributed by atoms with Crippen LogP contribution in [-0.2, 0) is 0 Å². The van der Waals surface area contributed by atoms with Crippen molar-refractivity contribution < 1.29 is 4.79 Å². The summed E-state index contributed by atoms with van der Waals surface area (Å²) in [5, 5.41) is 0. The van der Waals surface area contributed by atoms with E-state index in [1.807, 2.05) is 25.2 Å². The molecule has 4 nitrogen and oxygen atoms in total. The van der Waals surface area contributed by atoms with Gasteiger partial charge in [-0.2, -0.15) is 0 Å². The molecule has 2 atom stereocenters. The summed E-state index contributed by atoms with van der Waals surface area (Å²) in [6.07, 6.45) is 4.73. The molecule has 0 radical (unpaired) electrons. The third-order valence-electron chi connectivity index (χ3n) is 4.29. The molecule has 0 spiro atoms. The van der Waals surface area contributed by atoms with E-state index in [1.54, 1.807) is 0 Å². The third kappa shape index (κ3) is 2.99. The van der Waals surface area contributed by atoms with E-state index in [1.165, 1.54) is 12.8 Å². The van der Waals surface area contributed by atoms with Crippen molar-refractivity contribution in [3.63, 3.8) is 0 Å². The largest absolute Gasteiger partial charge is 0.371 e. The quantitative estimate of drug-likeness (QED) is 0.885. The lowest BCUT2D eigenvalue weighted by Gasteiger charge is -2.39. The van der Waals surface area contributed by atoms with Gasteiger partial charge in [-0.25, -0.2) is 0 Å². The van der Waals surface area contributed by atoms with Crippen molar-refractivity contribution in [3.05, 3.63) is 28.2 Å². The fraction of sp³-hybridized carbons (Fsp3) is 0.533. The predicted octanol–water partition coefficient (Wildman–Crippen LogP) is 2.50. The molecule has 1 aromatic rings. The normalized spacial score (nSPS) is 22.6. The Labute approximate surface area is 128 Å². The van der Waals surface area contributed by atoms with Gasteiger partial charge in [-0.05, 0) is 53.4 Å². The second-order valence-corrected chi connectivity index (χ2v) is 6.31. The number of carbonyl (C=O) groups excluding carboxylic acids is 1. The van der Waals surface area contributed by atoms with E-state index < -0.39 is 5.91 Å². The van der Waals surface area contributed by atoms with Gasteiger partial charge >= 0.3 is 0 Å². The van der Waals surface area contributed by atoms with Crippen LogP contribution in [0.5, 0.6) is 0 Å². The number of primary amides is 1. The van der Waals surface area contributed by atoms with Crippen LogP contribution in [0.2, 0.25) is 0 Å². The maximum Gasteiger partial charge on any atom is 0.251 e. The lowest BCUT2D eigenvalue weighted by molar-refractivity contribution is 0.1000. The zero-order chi connectivity index (χ0) is 14.7. The molecular weight excluding hydrogens is 318 g/mol. The third-order valence-corrected chi connectivity index (χ3v) is 4.95. The van der Waals surface area contributed by atoms with E-state index in [0.717, 1.165) is 23.0 Å². The first-order valence-corrected chi connectivity index (χ1v) is 7.86. The Morgan fingerprint density at radius 2 is 2.10 bits per heavy atom. The fourth-order valence-electron chi connectivity index (χ4n) is 3.20. The van der Waals surface area contributed by atoms with Crippen LogP contribution in [0, 0.1) is 5.92 Å². The van der Waals surface area contributed by atoms with Gasteiger partial charge in [-0.15, -0.1) is 0 Å². The molecule has 1 amide bonds. The molecule has 1 aromatic carbocycles. The number of carbonyl (C=O) groups is 1. The number of rotatable bonds is 4. The molecule has 1 fully saturated rings. The summed E-state index contributed by atoms with van der Waals surface area (Å²) in [7, 11) is 2.03. The zero-order valence-electron chi connectivity index (χ0n) is 11.8. The zero-order valence-corrected chi connectivity index (χ0v) is 13.4. The van der Waals surface area contributed by atoms with Gasteiger partial charge in [-0.3, -0.25) is 4.79 Å². The molecule has 0 saturated heterocycles. The van der Waals surface area contributed by atoms with Gasteiger partial charge in [0.1, 0.15) is 0 Å². The Hall–Kier alpha value is -1.07. The van der Waals surface area contributed by atoms with Gasteiger partial charge in [0.05, 0.1) is 11.3 Å². The maximum atomic E-state index is 11.7. The van der Waals surface area contributed by atoms with Crippen molar-refractivity contribution in [2.45, 2.75) is 31.7 Å². The molecule has 20 heavy (non-hydrogen) atoms. The second-order valence-electron chi connectivity index (χ2n) is 5.46. The van der Waals surface area contributed by atoms with Gasteiger partial charge in [0, 0.05) is 17.6 Å². The highest BCUT2D eigenvalue weighted by atomic mass is 79.9. The summed E-state index contributed by atoms with van der Waals surface area (Å²) in [6, 6.07) is 6.11. The lowest BCUT2D eigenvalue weighted by atomic mass is 9.83. The van der Waals surface area contributed by atoms with Crippen LogP contribution >= 0.6 is 15.9 Å². The van der Waals surface area contributed by atoms with Crippen molar-refractivity contribution in [1.82, 2.24) is 0 Å². The summed E-state index contributed by atoms with van der Waals surface area (Å²) >= 11 is 3.42. The fourth-order valence-corrected chi connectivity index (χ4v) is 3.75. The van der Waals surface area contributed by atoms with Crippen molar-refractivity contribution in [1.29, 1.82) is 0 Å². The van der Waals surface area contributed by atoms with Gasteiger partial charge in [0.25, 0.3) is 5.91 Å². The Morgan fingerprint density at radius 1 is 1.40 bits per heavy atom. The summed E-state index contributed by atoms with van der Waals surface area (Å²) in [4.78, 5) is 13.9. The standard InChI is InChI=1S/C15H22BrN3O/c1-19(12-7-3-2-5-10(12)9-17)13-8-4-6-11(16)14(13)15(18)20/h4,6,8,10,12H,2-3,5,7,9,17H2,1H3,(H2,18,20). The SMILES string of the molecule is CN(c1cccc(Br)c1C(N)=O)C1CCCCC1CN. The molecule has 2 unspecified atom stereocenters. The average molecular weight is 340 g/mol. The highest BCUT2D eigenvalue weighted by Gasteiger charge is 2.29. The molecule has 0 bridgehead atoms. The van der Waals surface area contributed by atoms with Gasteiger partial charge in [0.2, 0.25) is 0 Å². The molecule has 4 N–H and O–H groups in total. The minimum atomic E-state index is -0.403. The van der Waals surface area contributed by atoms with Crippen molar-refractivity contribution >= 4 is 27.5 Å². The predicted molar refractivity (Wildman–Crippen MR) is 85.9 cm³/mol. The summed E-state index contributed by atoms with van der Waals surface area (Å²) < 4.78 is 0.745. The number of nitrogens with zero attached hydrogens (tertiary/aromatic N) is 1. The van der Waals surface area contributed by atoms with Crippen molar-refractivity contribution in [3.8, 4) is 0 Å². The Bertz CT molecular complexity index is 492. The Morgan fingerprint density at radius 3 is 2.75 bits per heavy atom. The molecule has 5 heteroatoms. The van der Waals surface area contributed by atoms with Gasteiger partial charge in [0.15, 0.2) is 0 Å². The molecule has 0 aromatic heterocycles. The van der Waals surface area contributed by atoms with Crippen molar-refractivity contribution in [2.75, 3.05) is 18.5 Å². The Balaban J connectivity index is 2.35. The van der Waals surface area contributed by atoms with Gasteiger partial charge < -0.3 is 16.4 Å². The van der Waals surface area contributed by atoms with Crippen LogP contribution in [-0.4, -0.2) is 25.5 Å². The molecule has 2 rings (SSSR count). The van der Waals surface area contributed by atoms with Crippen LogP contribution in [0.25, 0.3) is 0 Å². The van der Waals surface area contributed by atoms with E-state index in [2.05, 4.69) is 20.8 Å². The summed E-state index contributed by atoms with van der Waals surface area (Å²) in [5.41, 5.74) is 12.9. The van der Waals surface area contributed by atoms with E-state index in [-0.39, 0.29) is 0 Å². The number of amides is 1. The number of halogens is 1. The number of hydrogen-bond acceptors (Lipinski definition) is 3.